The van der Waals surface area contributed by atoms with Crippen molar-refractivity contribution in [2.45, 2.75) is 26.1 Å². The summed E-state index contributed by atoms with van der Waals surface area (Å²) in [5, 5.41) is 12.7. The number of aliphatic hydroxyl groups is 1. The lowest BCUT2D eigenvalue weighted by molar-refractivity contribution is -0.120. The largest absolute Gasteiger partial charge is 0.435 e. The molecule has 128 valence electrons. The molecule has 4 nitrogen and oxygen atoms in total. The highest BCUT2D eigenvalue weighted by atomic mass is 19.3. The van der Waals surface area contributed by atoms with Gasteiger partial charge in [0.05, 0.1) is 12.5 Å². The van der Waals surface area contributed by atoms with Gasteiger partial charge in [0.2, 0.25) is 5.91 Å². The first-order valence-electron chi connectivity index (χ1n) is 7.49. The molecule has 0 bridgehead atoms. The normalized spacial score (nSPS) is 12.0. The Labute approximate surface area is 139 Å². The molecule has 0 aliphatic carbocycles. The van der Waals surface area contributed by atoms with Crippen LogP contribution in [0.1, 0.15) is 22.8 Å². The molecule has 24 heavy (non-hydrogen) atoms. The average molecular weight is 335 g/mol. The Morgan fingerprint density at radius 3 is 2.33 bits per heavy atom. The third kappa shape index (κ3) is 5.62. The Bertz CT molecular complexity index is 657. The zero-order valence-electron chi connectivity index (χ0n) is 13.2. The zero-order valence-corrected chi connectivity index (χ0v) is 13.2. The molecule has 2 aromatic rings. The van der Waals surface area contributed by atoms with Crippen molar-refractivity contribution in [3.63, 3.8) is 0 Å². The van der Waals surface area contributed by atoms with Crippen LogP contribution in [0, 0.1) is 6.92 Å². The Balaban J connectivity index is 1.82. The van der Waals surface area contributed by atoms with E-state index in [-0.39, 0.29) is 24.6 Å². The summed E-state index contributed by atoms with van der Waals surface area (Å²) in [6, 6.07) is 13.3. The van der Waals surface area contributed by atoms with E-state index < -0.39 is 12.7 Å². The molecular formula is C18H19F2NO3. The van der Waals surface area contributed by atoms with E-state index in [2.05, 4.69) is 10.1 Å². The second kappa shape index (κ2) is 8.40. The summed E-state index contributed by atoms with van der Waals surface area (Å²) in [5.74, 6) is -0.181. The van der Waals surface area contributed by atoms with Gasteiger partial charge in [-0.1, -0.05) is 42.0 Å². The fourth-order valence-electron chi connectivity index (χ4n) is 2.15. The quantitative estimate of drug-likeness (QED) is 0.818. The van der Waals surface area contributed by atoms with Crippen LogP contribution in [0.3, 0.4) is 0 Å². The number of nitrogens with one attached hydrogen (secondary N) is 1. The molecule has 0 spiro atoms. The number of aryl methyl sites for hydroxylation is 1. The predicted molar refractivity (Wildman–Crippen MR) is 85.9 cm³/mol. The number of carbonyl (C=O) groups excluding carboxylic acids is 1. The van der Waals surface area contributed by atoms with E-state index in [0.29, 0.717) is 5.56 Å². The molecule has 6 heteroatoms. The molecular weight excluding hydrogens is 316 g/mol. The number of alkyl halides is 2. The lowest BCUT2D eigenvalue weighted by Gasteiger charge is -2.13. The first kappa shape index (κ1) is 17.9. The summed E-state index contributed by atoms with van der Waals surface area (Å²) >= 11 is 0. The van der Waals surface area contributed by atoms with E-state index >= 15 is 0 Å². The van der Waals surface area contributed by atoms with E-state index in [1.165, 1.54) is 24.3 Å². The highest BCUT2D eigenvalue weighted by molar-refractivity contribution is 5.78. The van der Waals surface area contributed by atoms with Gasteiger partial charge < -0.3 is 15.2 Å². The lowest BCUT2D eigenvalue weighted by atomic mass is 10.1. The third-order valence-electron chi connectivity index (χ3n) is 3.47. The molecule has 0 radical (unpaired) electrons. The summed E-state index contributed by atoms with van der Waals surface area (Å²) in [6.07, 6.45) is -0.693. The summed E-state index contributed by atoms with van der Waals surface area (Å²) in [7, 11) is 0. The Morgan fingerprint density at radius 2 is 1.75 bits per heavy atom. The fourth-order valence-corrected chi connectivity index (χ4v) is 2.15. The van der Waals surface area contributed by atoms with Crippen LogP contribution in [0.2, 0.25) is 0 Å². The van der Waals surface area contributed by atoms with E-state index in [0.717, 1.165) is 11.1 Å². The fraction of sp³-hybridized carbons (Fsp3) is 0.278. The van der Waals surface area contributed by atoms with Crippen LogP contribution in [0.5, 0.6) is 5.75 Å². The van der Waals surface area contributed by atoms with Crippen LogP contribution in [-0.2, 0) is 11.2 Å². The van der Waals surface area contributed by atoms with Gasteiger partial charge in [0, 0.05) is 6.54 Å². The zero-order chi connectivity index (χ0) is 17.5. The number of rotatable bonds is 7. The second-order valence-electron chi connectivity index (χ2n) is 5.43. The monoisotopic (exact) mass is 335 g/mol. The molecule has 0 fully saturated rings. The van der Waals surface area contributed by atoms with Crippen molar-refractivity contribution in [3.8, 4) is 5.75 Å². The first-order chi connectivity index (χ1) is 11.4. The maximum Gasteiger partial charge on any atom is 0.387 e. The van der Waals surface area contributed by atoms with Gasteiger partial charge in [-0.25, -0.2) is 0 Å². The molecule has 0 saturated heterocycles. The highest BCUT2D eigenvalue weighted by Crippen LogP contribution is 2.19. The Kier molecular flexibility index (Phi) is 6.26. The van der Waals surface area contributed by atoms with Crippen molar-refractivity contribution < 1.29 is 23.4 Å². The molecule has 0 aliphatic rings. The maximum atomic E-state index is 12.1. The second-order valence-corrected chi connectivity index (χ2v) is 5.43. The van der Waals surface area contributed by atoms with Crippen LogP contribution < -0.4 is 10.1 Å². The van der Waals surface area contributed by atoms with Crippen molar-refractivity contribution >= 4 is 5.91 Å². The molecule has 1 atom stereocenters. The molecule has 1 amide bonds. The average Bonchev–Trinajstić information content (AvgIpc) is 2.55. The number of hydrogen-bond acceptors (Lipinski definition) is 3. The van der Waals surface area contributed by atoms with Crippen LogP contribution >= 0.6 is 0 Å². The number of ether oxygens (including phenoxy) is 1. The molecule has 0 aromatic heterocycles. The number of hydrogen-bond donors (Lipinski definition) is 2. The highest BCUT2D eigenvalue weighted by Gasteiger charge is 2.11. The summed E-state index contributed by atoms with van der Waals surface area (Å²) in [4.78, 5) is 11.9. The summed E-state index contributed by atoms with van der Waals surface area (Å²) in [5.41, 5.74) is 2.52. The Hall–Kier alpha value is -2.47. The van der Waals surface area contributed by atoms with Gasteiger partial charge in [-0.15, -0.1) is 0 Å². The van der Waals surface area contributed by atoms with Crippen molar-refractivity contribution in [1.82, 2.24) is 5.32 Å². The maximum absolute atomic E-state index is 12.1. The molecule has 0 heterocycles. The number of benzene rings is 2. The summed E-state index contributed by atoms with van der Waals surface area (Å²) < 4.78 is 28.4. The minimum absolute atomic E-state index is 0.0179. The molecule has 0 saturated carbocycles. The minimum Gasteiger partial charge on any atom is -0.435 e. The van der Waals surface area contributed by atoms with Crippen molar-refractivity contribution in [1.29, 1.82) is 0 Å². The van der Waals surface area contributed by atoms with Gasteiger partial charge >= 0.3 is 6.61 Å². The van der Waals surface area contributed by atoms with Crippen molar-refractivity contribution in [2.75, 3.05) is 6.54 Å². The van der Waals surface area contributed by atoms with Crippen LogP contribution in [-0.4, -0.2) is 24.2 Å². The van der Waals surface area contributed by atoms with Gasteiger partial charge in [-0.2, -0.15) is 8.78 Å². The summed E-state index contributed by atoms with van der Waals surface area (Å²) in [6.45, 7) is -0.876. The SMILES string of the molecule is Cc1ccc(CC(=O)NCC(O)c2ccc(OC(F)F)cc2)cc1. The van der Waals surface area contributed by atoms with E-state index in [4.69, 9.17) is 0 Å². The number of halogens is 2. The van der Waals surface area contributed by atoms with Crippen LogP contribution in [0.25, 0.3) is 0 Å². The van der Waals surface area contributed by atoms with E-state index in [1.54, 1.807) is 0 Å². The molecule has 2 rings (SSSR count). The van der Waals surface area contributed by atoms with E-state index in [1.807, 2.05) is 31.2 Å². The van der Waals surface area contributed by atoms with Gasteiger partial charge in [0.25, 0.3) is 0 Å². The predicted octanol–water partition coefficient (Wildman–Crippen LogP) is 2.99. The van der Waals surface area contributed by atoms with Crippen molar-refractivity contribution in [3.05, 3.63) is 65.2 Å². The minimum atomic E-state index is -2.89. The van der Waals surface area contributed by atoms with Crippen LogP contribution in [0.4, 0.5) is 8.78 Å². The first-order valence-corrected chi connectivity index (χ1v) is 7.49. The van der Waals surface area contributed by atoms with Crippen molar-refractivity contribution in [2.24, 2.45) is 0 Å². The molecule has 2 N–H and O–H groups in total. The smallest absolute Gasteiger partial charge is 0.387 e. The van der Waals surface area contributed by atoms with Gasteiger partial charge in [0.15, 0.2) is 0 Å². The number of aliphatic hydroxyl groups excluding tert-OH is 1. The standard InChI is InChI=1S/C18H19F2NO3/c1-12-2-4-13(5-3-12)10-17(23)21-11-16(22)14-6-8-15(9-7-14)24-18(19)20/h2-9,16,18,22H,10-11H2,1H3,(H,21,23). The van der Waals surface area contributed by atoms with Gasteiger partial charge in [-0.05, 0) is 30.2 Å². The van der Waals surface area contributed by atoms with Crippen LogP contribution in [0.15, 0.2) is 48.5 Å². The van der Waals surface area contributed by atoms with E-state index in [9.17, 15) is 18.7 Å². The molecule has 1 unspecified atom stereocenters. The third-order valence-corrected chi connectivity index (χ3v) is 3.47. The number of amides is 1. The molecule has 0 aliphatic heterocycles. The lowest BCUT2D eigenvalue weighted by Crippen LogP contribution is -2.29. The topological polar surface area (TPSA) is 58.6 Å². The molecule has 2 aromatic carbocycles. The Morgan fingerprint density at radius 1 is 1.12 bits per heavy atom. The van der Waals surface area contributed by atoms with Gasteiger partial charge in [-0.3, -0.25) is 4.79 Å². The van der Waals surface area contributed by atoms with Gasteiger partial charge in [0.1, 0.15) is 5.75 Å². The number of carbonyl (C=O) groups is 1.